The minimum atomic E-state index is 0.0382. The maximum Gasteiger partial charge on any atom is 0.133 e. The Balaban J connectivity index is 2.13. The first kappa shape index (κ1) is 14.3. The van der Waals surface area contributed by atoms with Crippen LogP contribution in [0.1, 0.15) is 38.8 Å². The molecule has 19 heavy (non-hydrogen) atoms. The van der Waals surface area contributed by atoms with Crippen LogP contribution in [-0.2, 0) is 0 Å². The molecule has 0 aromatic carbocycles. The zero-order valence-electron chi connectivity index (χ0n) is 12.3. The second kappa shape index (κ2) is 6.35. The van der Waals surface area contributed by atoms with Crippen LogP contribution in [0.2, 0.25) is 0 Å². The van der Waals surface area contributed by atoms with E-state index >= 15 is 0 Å². The highest BCUT2D eigenvalue weighted by Gasteiger charge is 2.28. The summed E-state index contributed by atoms with van der Waals surface area (Å²) in [4.78, 5) is 9.48. The molecule has 1 aliphatic rings. The molecule has 4 nitrogen and oxygen atoms in total. The Morgan fingerprint density at radius 2 is 2.21 bits per heavy atom. The normalized spacial score (nSPS) is 21.1. The number of rotatable bonds is 5. The van der Waals surface area contributed by atoms with Gasteiger partial charge in [0.2, 0.25) is 0 Å². The highest BCUT2D eigenvalue weighted by Crippen LogP contribution is 2.27. The van der Waals surface area contributed by atoms with Gasteiger partial charge in [-0.25, -0.2) is 4.98 Å². The van der Waals surface area contributed by atoms with Crippen LogP contribution in [-0.4, -0.2) is 42.1 Å². The third-order valence-electron chi connectivity index (χ3n) is 4.10. The fourth-order valence-corrected chi connectivity index (χ4v) is 3.00. The Labute approximate surface area is 116 Å². The second-order valence-electron chi connectivity index (χ2n) is 5.31. The first-order chi connectivity index (χ1) is 9.17. The maximum atomic E-state index is 6.05. The molecular weight excluding hydrogens is 236 g/mol. The Morgan fingerprint density at radius 1 is 1.47 bits per heavy atom. The van der Waals surface area contributed by atoms with Crippen molar-refractivity contribution in [2.75, 3.05) is 31.1 Å². The van der Waals surface area contributed by atoms with E-state index in [1.165, 1.54) is 6.42 Å². The third-order valence-corrected chi connectivity index (χ3v) is 4.10. The van der Waals surface area contributed by atoms with E-state index < -0.39 is 0 Å². The topological polar surface area (TPSA) is 45.4 Å². The van der Waals surface area contributed by atoms with E-state index in [9.17, 15) is 0 Å². The number of pyridine rings is 1. The van der Waals surface area contributed by atoms with Crippen molar-refractivity contribution in [1.82, 2.24) is 9.88 Å². The lowest BCUT2D eigenvalue weighted by Gasteiger charge is -2.27. The molecular formula is C15H26N4. The Morgan fingerprint density at radius 3 is 2.84 bits per heavy atom. The summed E-state index contributed by atoms with van der Waals surface area (Å²) < 4.78 is 0. The summed E-state index contributed by atoms with van der Waals surface area (Å²) in [5.41, 5.74) is 7.21. The van der Waals surface area contributed by atoms with Crippen LogP contribution in [0.4, 0.5) is 5.82 Å². The molecule has 2 heterocycles. The van der Waals surface area contributed by atoms with Crippen molar-refractivity contribution in [1.29, 1.82) is 0 Å². The van der Waals surface area contributed by atoms with Gasteiger partial charge >= 0.3 is 0 Å². The summed E-state index contributed by atoms with van der Waals surface area (Å²) in [5.74, 6) is 1.08. The maximum absolute atomic E-state index is 6.05. The Kier molecular flexibility index (Phi) is 4.77. The van der Waals surface area contributed by atoms with E-state index in [0.717, 1.165) is 37.6 Å². The lowest BCUT2D eigenvalue weighted by Crippen LogP contribution is -2.37. The number of aromatic nitrogens is 1. The third kappa shape index (κ3) is 3.07. The molecule has 2 N–H and O–H groups in total. The molecule has 0 radical (unpaired) electrons. The van der Waals surface area contributed by atoms with Crippen LogP contribution >= 0.6 is 0 Å². The zero-order chi connectivity index (χ0) is 13.8. The van der Waals surface area contributed by atoms with Crippen LogP contribution in [0.25, 0.3) is 0 Å². The van der Waals surface area contributed by atoms with Gasteiger partial charge in [-0.1, -0.05) is 19.9 Å². The summed E-state index contributed by atoms with van der Waals surface area (Å²) in [6, 6.07) is 4.76. The van der Waals surface area contributed by atoms with Crippen LogP contribution in [0.3, 0.4) is 0 Å². The largest absolute Gasteiger partial charge is 0.355 e. The van der Waals surface area contributed by atoms with Gasteiger partial charge in [0.15, 0.2) is 0 Å². The average Bonchev–Trinajstić information content (AvgIpc) is 2.89. The standard InChI is InChI=1S/C15H26N4/c1-4-18(5-2)13-8-10-19(11-13)15-14(12(3)16)7-6-9-17-15/h6-7,9,12-13H,4-5,8,10-11,16H2,1-3H3/t12-,13?/m1/s1. The molecule has 1 aliphatic heterocycles. The average molecular weight is 262 g/mol. The summed E-state index contributed by atoms with van der Waals surface area (Å²) in [7, 11) is 0. The minimum Gasteiger partial charge on any atom is -0.355 e. The lowest BCUT2D eigenvalue weighted by atomic mass is 10.1. The van der Waals surface area contributed by atoms with E-state index in [2.05, 4.69) is 34.7 Å². The molecule has 1 fully saturated rings. The lowest BCUT2D eigenvalue weighted by molar-refractivity contribution is 0.232. The number of anilines is 1. The SMILES string of the molecule is CCN(CC)C1CCN(c2ncccc2[C@@H](C)N)C1. The fourth-order valence-electron chi connectivity index (χ4n) is 3.00. The van der Waals surface area contributed by atoms with Gasteiger partial charge in [-0.2, -0.15) is 0 Å². The monoisotopic (exact) mass is 262 g/mol. The van der Waals surface area contributed by atoms with Crippen molar-refractivity contribution in [3.05, 3.63) is 23.9 Å². The van der Waals surface area contributed by atoms with E-state index in [4.69, 9.17) is 5.73 Å². The van der Waals surface area contributed by atoms with Gasteiger partial charge < -0.3 is 10.6 Å². The van der Waals surface area contributed by atoms with Crippen molar-refractivity contribution in [2.24, 2.45) is 5.73 Å². The van der Waals surface area contributed by atoms with Gasteiger partial charge in [0.1, 0.15) is 5.82 Å². The number of nitrogens with zero attached hydrogens (tertiary/aromatic N) is 3. The summed E-state index contributed by atoms with van der Waals surface area (Å²) in [6.07, 6.45) is 3.09. The van der Waals surface area contributed by atoms with Gasteiger partial charge in [-0.05, 0) is 32.5 Å². The van der Waals surface area contributed by atoms with Crippen molar-refractivity contribution in [2.45, 2.75) is 39.3 Å². The van der Waals surface area contributed by atoms with Crippen molar-refractivity contribution < 1.29 is 0 Å². The Hall–Kier alpha value is -1.13. The van der Waals surface area contributed by atoms with Gasteiger partial charge in [-0.3, -0.25) is 4.90 Å². The predicted molar refractivity (Wildman–Crippen MR) is 80.4 cm³/mol. The smallest absolute Gasteiger partial charge is 0.133 e. The quantitative estimate of drug-likeness (QED) is 0.882. The molecule has 0 amide bonds. The van der Waals surface area contributed by atoms with Crippen LogP contribution in [0, 0.1) is 0 Å². The predicted octanol–water partition coefficient (Wildman–Crippen LogP) is 2.02. The first-order valence-electron chi connectivity index (χ1n) is 7.36. The molecule has 1 aromatic rings. The summed E-state index contributed by atoms with van der Waals surface area (Å²) >= 11 is 0. The van der Waals surface area contributed by atoms with Crippen molar-refractivity contribution in [3.63, 3.8) is 0 Å². The summed E-state index contributed by atoms with van der Waals surface area (Å²) in [5, 5.41) is 0. The van der Waals surface area contributed by atoms with E-state index in [0.29, 0.717) is 6.04 Å². The number of likely N-dealkylation sites (N-methyl/N-ethyl adjacent to an activating group) is 1. The number of nitrogens with two attached hydrogens (primary N) is 1. The minimum absolute atomic E-state index is 0.0382. The molecule has 1 saturated heterocycles. The molecule has 4 heteroatoms. The van der Waals surface area contributed by atoms with Crippen LogP contribution in [0.5, 0.6) is 0 Å². The van der Waals surface area contributed by atoms with Gasteiger partial charge in [0.05, 0.1) is 0 Å². The fraction of sp³-hybridized carbons (Fsp3) is 0.667. The highest BCUT2D eigenvalue weighted by molar-refractivity contribution is 5.49. The Bertz CT molecular complexity index is 401. The van der Waals surface area contributed by atoms with E-state index in [1.54, 1.807) is 0 Å². The molecule has 2 rings (SSSR count). The van der Waals surface area contributed by atoms with Crippen LogP contribution < -0.4 is 10.6 Å². The van der Waals surface area contributed by atoms with E-state index in [1.807, 2.05) is 19.2 Å². The molecule has 106 valence electrons. The molecule has 0 saturated carbocycles. The summed E-state index contributed by atoms with van der Waals surface area (Å²) in [6.45, 7) is 10.9. The molecule has 2 atom stereocenters. The van der Waals surface area contributed by atoms with Gasteiger partial charge in [0.25, 0.3) is 0 Å². The van der Waals surface area contributed by atoms with Gasteiger partial charge in [0, 0.05) is 36.9 Å². The zero-order valence-corrected chi connectivity index (χ0v) is 12.3. The van der Waals surface area contributed by atoms with Crippen molar-refractivity contribution >= 4 is 5.82 Å². The molecule has 1 unspecified atom stereocenters. The number of hydrogen-bond acceptors (Lipinski definition) is 4. The van der Waals surface area contributed by atoms with E-state index in [-0.39, 0.29) is 6.04 Å². The number of hydrogen-bond donors (Lipinski definition) is 1. The molecule has 1 aromatic heterocycles. The molecule has 0 bridgehead atoms. The first-order valence-corrected chi connectivity index (χ1v) is 7.36. The second-order valence-corrected chi connectivity index (χ2v) is 5.31. The van der Waals surface area contributed by atoms with Gasteiger partial charge in [-0.15, -0.1) is 0 Å². The molecule has 0 spiro atoms. The highest BCUT2D eigenvalue weighted by atomic mass is 15.3. The molecule has 0 aliphatic carbocycles. The van der Waals surface area contributed by atoms with Crippen LogP contribution in [0.15, 0.2) is 18.3 Å². The van der Waals surface area contributed by atoms with Crippen molar-refractivity contribution in [3.8, 4) is 0 Å².